The van der Waals surface area contributed by atoms with E-state index in [-0.39, 0.29) is 11.4 Å². The summed E-state index contributed by atoms with van der Waals surface area (Å²) in [5.41, 5.74) is -1.10. The van der Waals surface area contributed by atoms with Gasteiger partial charge in [0.25, 0.3) is 0 Å². The first kappa shape index (κ1) is 13.7. The average molecular weight is 239 g/mol. The smallest absolute Gasteiger partial charge is 0.332 e. The van der Waals surface area contributed by atoms with Crippen LogP contribution in [-0.2, 0) is 14.3 Å². The fraction of sp³-hybridized carbons (Fsp3) is 0.692. The van der Waals surface area contributed by atoms with Crippen molar-refractivity contribution in [1.82, 2.24) is 0 Å². The molecule has 4 heteroatoms. The van der Waals surface area contributed by atoms with Crippen LogP contribution in [0.15, 0.2) is 17.6 Å². The lowest BCUT2D eigenvalue weighted by molar-refractivity contribution is -0.166. The molecule has 0 fully saturated rings. The zero-order valence-corrected chi connectivity index (χ0v) is 11.2. The van der Waals surface area contributed by atoms with Crippen molar-refractivity contribution in [2.75, 3.05) is 7.11 Å². The third-order valence-corrected chi connectivity index (χ3v) is 3.27. The normalized spacial score (nSPS) is 29.4. The molecule has 0 radical (unpaired) electrons. The summed E-state index contributed by atoms with van der Waals surface area (Å²) in [5.74, 6) is 0.152. The van der Waals surface area contributed by atoms with Crippen LogP contribution in [0.25, 0.3) is 0 Å². The number of nitrogens with zero attached hydrogens (tertiary/aromatic N) is 1. The van der Waals surface area contributed by atoms with Gasteiger partial charge in [0.1, 0.15) is 0 Å². The summed E-state index contributed by atoms with van der Waals surface area (Å²) < 4.78 is 10.9. The number of hydrogen-bond donors (Lipinski definition) is 0. The van der Waals surface area contributed by atoms with Gasteiger partial charge in [0, 0.05) is 5.41 Å². The maximum absolute atomic E-state index is 11.9. The van der Waals surface area contributed by atoms with Crippen molar-refractivity contribution in [3.63, 3.8) is 0 Å². The zero-order chi connectivity index (χ0) is 13.3. The van der Waals surface area contributed by atoms with Crippen LogP contribution in [0.4, 0.5) is 0 Å². The Kier molecular flexibility index (Phi) is 3.65. The standard InChI is InChI=1S/C13H21NO3/c1-7-8-9-10(15)17-13(5,12(2,3)4)11(14-9)16-6/h7,9H,1,8H2,2-6H3/t9-,13-/m1/s1. The van der Waals surface area contributed by atoms with Crippen molar-refractivity contribution in [2.45, 2.75) is 45.8 Å². The maximum Gasteiger partial charge on any atom is 0.332 e. The second kappa shape index (κ2) is 4.51. The molecule has 17 heavy (non-hydrogen) atoms. The highest BCUT2D eigenvalue weighted by atomic mass is 16.6. The topological polar surface area (TPSA) is 47.9 Å². The van der Waals surface area contributed by atoms with Gasteiger partial charge in [-0.15, -0.1) is 6.58 Å². The van der Waals surface area contributed by atoms with Crippen molar-refractivity contribution in [1.29, 1.82) is 0 Å². The van der Waals surface area contributed by atoms with Gasteiger partial charge in [-0.05, 0) is 13.3 Å². The number of carbonyl (C=O) groups excluding carboxylic acids is 1. The van der Waals surface area contributed by atoms with E-state index in [1.165, 1.54) is 0 Å². The average Bonchev–Trinajstić information content (AvgIpc) is 2.20. The lowest BCUT2D eigenvalue weighted by Crippen LogP contribution is -2.56. The molecule has 1 aliphatic heterocycles. The first-order chi connectivity index (χ1) is 7.76. The monoisotopic (exact) mass is 239 g/mol. The third-order valence-electron chi connectivity index (χ3n) is 3.27. The number of methoxy groups -OCH3 is 1. The van der Waals surface area contributed by atoms with Gasteiger partial charge in [0.15, 0.2) is 11.6 Å². The van der Waals surface area contributed by atoms with Crippen molar-refractivity contribution in [2.24, 2.45) is 10.4 Å². The first-order valence-corrected chi connectivity index (χ1v) is 5.72. The number of hydrogen-bond acceptors (Lipinski definition) is 4. The minimum absolute atomic E-state index is 0.281. The summed E-state index contributed by atoms with van der Waals surface area (Å²) in [5, 5.41) is 0. The molecular weight excluding hydrogens is 218 g/mol. The van der Waals surface area contributed by atoms with E-state index in [4.69, 9.17) is 9.47 Å². The predicted molar refractivity (Wildman–Crippen MR) is 67.0 cm³/mol. The molecule has 0 saturated carbocycles. The molecule has 0 aromatic heterocycles. The van der Waals surface area contributed by atoms with E-state index in [0.717, 1.165) is 0 Å². The first-order valence-electron chi connectivity index (χ1n) is 5.72. The van der Waals surface area contributed by atoms with E-state index in [9.17, 15) is 4.79 Å². The molecule has 1 rings (SSSR count). The Bertz CT molecular complexity index is 354. The Morgan fingerprint density at radius 2 is 2.18 bits per heavy atom. The van der Waals surface area contributed by atoms with Crippen LogP contribution in [0.2, 0.25) is 0 Å². The van der Waals surface area contributed by atoms with E-state index in [1.807, 2.05) is 27.7 Å². The Hall–Kier alpha value is -1.32. The molecule has 0 aromatic carbocycles. The Morgan fingerprint density at radius 1 is 1.59 bits per heavy atom. The van der Waals surface area contributed by atoms with Gasteiger partial charge in [0.05, 0.1) is 7.11 Å². The fourth-order valence-corrected chi connectivity index (χ4v) is 1.66. The number of cyclic esters (lactones) is 1. The third kappa shape index (κ3) is 2.35. The largest absolute Gasteiger partial charge is 0.481 e. The summed E-state index contributed by atoms with van der Waals surface area (Å²) in [6.45, 7) is 11.4. The summed E-state index contributed by atoms with van der Waals surface area (Å²) >= 11 is 0. The zero-order valence-electron chi connectivity index (χ0n) is 11.2. The van der Waals surface area contributed by atoms with Crippen molar-refractivity contribution in [3.05, 3.63) is 12.7 Å². The van der Waals surface area contributed by atoms with Gasteiger partial charge >= 0.3 is 5.97 Å². The van der Waals surface area contributed by atoms with Crippen LogP contribution in [0.5, 0.6) is 0 Å². The van der Waals surface area contributed by atoms with Gasteiger partial charge in [-0.2, -0.15) is 0 Å². The molecule has 1 aliphatic rings. The van der Waals surface area contributed by atoms with Crippen molar-refractivity contribution < 1.29 is 14.3 Å². The molecule has 2 atom stereocenters. The molecule has 0 unspecified atom stereocenters. The molecule has 96 valence electrons. The van der Waals surface area contributed by atoms with Crippen LogP contribution in [-0.4, -0.2) is 30.6 Å². The van der Waals surface area contributed by atoms with Crippen molar-refractivity contribution >= 4 is 11.9 Å². The van der Waals surface area contributed by atoms with E-state index in [0.29, 0.717) is 12.3 Å². The highest BCUT2D eigenvalue weighted by molar-refractivity contribution is 5.94. The second-order valence-corrected chi connectivity index (χ2v) is 5.38. The van der Waals surface area contributed by atoms with Gasteiger partial charge in [-0.3, -0.25) is 0 Å². The Balaban J connectivity index is 3.17. The summed E-state index contributed by atoms with van der Waals surface area (Å²) in [4.78, 5) is 16.2. The van der Waals surface area contributed by atoms with Crippen LogP contribution < -0.4 is 0 Å². The lowest BCUT2D eigenvalue weighted by Gasteiger charge is -2.43. The second-order valence-electron chi connectivity index (χ2n) is 5.38. The summed E-state index contributed by atoms with van der Waals surface area (Å²) in [6, 6.07) is -0.530. The summed E-state index contributed by atoms with van der Waals surface area (Å²) in [6.07, 6.45) is 2.12. The number of rotatable bonds is 2. The highest BCUT2D eigenvalue weighted by Crippen LogP contribution is 2.38. The van der Waals surface area contributed by atoms with Gasteiger partial charge in [-0.1, -0.05) is 26.8 Å². The SMILES string of the molecule is C=CC[C@H]1N=C(OC)[C@](C)(C(C)(C)C)OC1=O. The quantitative estimate of drug-likeness (QED) is 0.549. The molecule has 0 aromatic rings. The van der Waals surface area contributed by atoms with E-state index in [1.54, 1.807) is 13.2 Å². The molecular formula is C13H21NO3. The predicted octanol–water partition coefficient (Wildman–Crippen LogP) is 2.34. The molecule has 1 heterocycles. The number of carbonyl (C=O) groups is 1. The Morgan fingerprint density at radius 3 is 2.59 bits per heavy atom. The minimum atomic E-state index is -0.823. The molecule has 0 amide bonds. The Labute approximate surface area is 103 Å². The molecule has 0 spiro atoms. The number of aliphatic imine (C=N–C) groups is 1. The van der Waals surface area contributed by atoms with Crippen LogP contribution >= 0.6 is 0 Å². The lowest BCUT2D eigenvalue weighted by atomic mass is 9.76. The van der Waals surface area contributed by atoms with Crippen LogP contribution in [0.3, 0.4) is 0 Å². The van der Waals surface area contributed by atoms with Crippen LogP contribution in [0, 0.1) is 5.41 Å². The number of ether oxygens (including phenoxy) is 2. The fourth-order valence-electron chi connectivity index (χ4n) is 1.66. The molecule has 0 bridgehead atoms. The van der Waals surface area contributed by atoms with E-state index in [2.05, 4.69) is 11.6 Å². The number of esters is 1. The highest BCUT2D eigenvalue weighted by Gasteiger charge is 2.51. The van der Waals surface area contributed by atoms with Gasteiger partial charge < -0.3 is 9.47 Å². The summed E-state index contributed by atoms with van der Waals surface area (Å²) in [7, 11) is 1.55. The van der Waals surface area contributed by atoms with E-state index >= 15 is 0 Å². The minimum Gasteiger partial charge on any atom is -0.481 e. The van der Waals surface area contributed by atoms with Crippen molar-refractivity contribution in [3.8, 4) is 0 Å². The van der Waals surface area contributed by atoms with Gasteiger partial charge in [-0.25, -0.2) is 9.79 Å². The molecule has 0 aliphatic carbocycles. The van der Waals surface area contributed by atoms with Crippen LogP contribution in [0.1, 0.15) is 34.1 Å². The molecule has 4 nitrogen and oxygen atoms in total. The molecule has 0 N–H and O–H groups in total. The molecule has 0 saturated heterocycles. The van der Waals surface area contributed by atoms with Gasteiger partial charge in [0.2, 0.25) is 5.90 Å². The van der Waals surface area contributed by atoms with E-state index < -0.39 is 11.6 Å². The maximum atomic E-state index is 11.9.